The molecule has 0 saturated carbocycles. The fourth-order valence-corrected chi connectivity index (χ4v) is 1.17. The first kappa shape index (κ1) is 10.3. The summed E-state index contributed by atoms with van der Waals surface area (Å²) in [6, 6.07) is 0. The number of likely N-dealkylation sites (N-methyl/N-ethyl adjacent to an activating group) is 1. The predicted molar refractivity (Wildman–Crippen MR) is 54.9 cm³/mol. The Bertz CT molecular complexity index is 280. The normalized spacial score (nSPS) is 10.3. The first-order valence-corrected chi connectivity index (χ1v) is 4.65. The molecule has 0 aliphatic rings. The van der Waals surface area contributed by atoms with E-state index in [1.165, 1.54) is 0 Å². The molecule has 13 heavy (non-hydrogen) atoms. The van der Waals surface area contributed by atoms with Crippen LogP contribution in [0.25, 0.3) is 0 Å². The lowest BCUT2D eigenvalue weighted by Crippen LogP contribution is -2.18. The van der Waals surface area contributed by atoms with E-state index in [2.05, 4.69) is 23.9 Å². The van der Waals surface area contributed by atoms with Gasteiger partial charge in [-0.05, 0) is 12.1 Å². The van der Waals surface area contributed by atoms with Crippen molar-refractivity contribution in [3.8, 4) is 0 Å². The lowest BCUT2D eigenvalue weighted by atomic mass is 10.3. The molecule has 1 heterocycles. The third-order valence-electron chi connectivity index (χ3n) is 1.61. The van der Waals surface area contributed by atoms with Gasteiger partial charge in [0, 0.05) is 12.7 Å². The molecule has 0 amide bonds. The van der Waals surface area contributed by atoms with Gasteiger partial charge in [0.15, 0.2) is 0 Å². The van der Waals surface area contributed by atoms with E-state index in [4.69, 9.17) is 11.6 Å². The van der Waals surface area contributed by atoms with Crippen molar-refractivity contribution in [3.63, 3.8) is 0 Å². The van der Waals surface area contributed by atoms with Crippen molar-refractivity contribution < 1.29 is 0 Å². The predicted octanol–water partition coefficient (Wildman–Crippen LogP) is 1.70. The molecule has 1 N–H and O–H groups in total. The van der Waals surface area contributed by atoms with Crippen molar-refractivity contribution in [2.45, 2.75) is 13.5 Å². The van der Waals surface area contributed by atoms with Gasteiger partial charge in [0.2, 0.25) is 0 Å². The molecule has 0 unspecified atom stereocenters. The van der Waals surface area contributed by atoms with Crippen molar-refractivity contribution in [1.82, 2.24) is 15.1 Å². The Hall–Kier alpha value is -0.800. The maximum Gasteiger partial charge on any atom is 0.0785 e. The monoisotopic (exact) mass is 199 g/mol. The Labute approximate surface area is 83.4 Å². The molecular formula is C9H14ClN3. The fraction of sp³-hybridized carbons (Fsp3) is 0.444. The lowest BCUT2D eigenvalue weighted by Gasteiger charge is -2.05. The standard InChI is InChI=1S/C9H14ClN3/c1-3-11-4-8(2)6-13-7-9(10)5-12-13/h5,7,11H,2-4,6H2,1H3. The Morgan fingerprint density at radius 3 is 3.08 bits per heavy atom. The fourth-order valence-electron chi connectivity index (χ4n) is 1.01. The van der Waals surface area contributed by atoms with E-state index in [0.717, 1.165) is 25.2 Å². The van der Waals surface area contributed by atoms with E-state index in [0.29, 0.717) is 5.02 Å². The molecule has 0 radical (unpaired) electrons. The van der Waals surface area contributed by atoms with E-state index < -0.39 is 0 Å². The van der Waals surface area contributed by atoms with Crippen LogP contribution in [0, 0.1) is 0 Å². The van der Waals surface area contributed by atoms with Gasteiger partial charge >= 0.3 is 0 Å². The van der Waals surface area contributed by atoms with Crippen LogP contribution in [0.3, 0.4) is 0 Å². The van der Waals surface area contributed by atoms with Crippen LogP contribution in [0.15, 0.2) is 24.5 Å². The van der Waals surface area contributed by atoms with Crippen LogP contribution in [-0.4, -0.2) is 22.9 Å². The minimum Gasteiger partial charge on any atom is -0.313 e. The van der Waals surface area contributed by atoms with Crippen LogP contribution in [0.5, 0.6) is 0 Å². The van der Waals surface area contributed by atoms with E-state index in [9.17, 15) is 0 Å². The summed E-state index contributed by atoms with van der Waals surface area (Å²) < 4.78 is 1.78. The van der Waals surface area contributed by atoms with Gasteiger partial charge in [-0.2, -0.15) is 5.10 Å². The molecule has 72 valence electrons. The van der Waals surface area contributed by atoms with Crippen LogP contribution in [0.1, 0.15) is 6.92 Å². The summed E-state index contributed by atoms with van der Waals surface area (Å²) in [4.78, 5) is 0. The van der Waals surface area contributed by atoms with Crippen LogP contribution in [0.4, 0.5) is 0 Å². The van der Waals surface area contributed by atoms with Crippen LogP contribution in [-0.2, 0) is 6.54 Å². The summed E-state index contributed by atoms with van der Waals surface area (Å²) in [5.41, 5.74) is 1.10. The SMILES string of the molecule is C=C(CNCC)Cn1cc(Cl)cn1. The molecule has 4 heteroatoms. The van der Waals surface area contributed by atoms with E-state index in [1.54, 1.807) is 17.1 Å². The van der Waals surface area contributed by atoms with E-state index >= 15 is 0 Å². The molecule has 0 bridgehead atoms. The van der Waals surface area contributed by atoms with Crippen molar-refractivity contribution >= 4 is 11.6 Å². The number of hydrogen-bond acceptors (Lipinski definition) is 2. The number of nitrogens with zero attached hydrogens (tertiary/aromatic N) is 2. The highest BCUT2D eigenvalue weighted by atomic mass is 35.5. The Balaban J connectivity index is 2.36. The van der Waals surface area contributed by atoms with Gasteiger partial charge in [-0.1, -0.05) is 25.1 Å². The number of hydrogen-bond donors (Lipinski definition) is 1. The summed E-state index contributed by atoms with van der Waals surface area (Å²) in [5.74, 6) is 0. The molecular weight excluding hydrogens is 186 g/mol. The van der Waals surface area contributed by atoms with Gasteiger partial charge < -0.3 is 5.32 Å². The smallest absolute Gasteiger partial charge is 0.0785 e. The molecule has 0 aliphatic heterocycles. The maximum atomic E-state index is 5.72. The summed E-state index contributed by atoms with van der Waals surface area (Å²) in [6.07, 6.45) is 3.42. The number of rotatable bonds is 5. The summed E-state index contributed by atoms with van der Waals surface area (Å²) >= 11 is 5.72. The number of halogens is 1. The molecule has 0 fully saturated rings. The average molecular weight is 200 g/mol. The molecule has 0 saturated heterocycles. The van der Waals surface area contributed by atoms with Crippen molar-refractivity contribution in [3.05, 3.63) is 29.6 Å². The third-order valence-corrected chi connectivity index (χ3v) is 1.81. The second-order valence-corrected chi connectivity index (χ2v) is 3.32. The highest BCUT2D eigenvalue weighted by Crippen LogP contribution is 2.05. The number of aromatic nitrogens is 2. The zero-order valence-electron chi connectivity index (χ0n) is 7.76. The van der Waals surface area contributed by atoms with Crippen molar-refractivity contribution in [1.29, 1.82) is 0 Å². The lowest BCUT2D eigenvalue weighted by molar-refractivity contribution is 0.645. The van der Waals surface area contributed by atoms with Crippen LogP contribution >= 0.6 is 11.6 Å². The van der Waals surface area contributed by atoms with Gasteiger partial charge in [0.1, 0.15) is 0 Å². The minimum atomic E-state index is 0.663. The number of nitrogens with one attached hydrogen (secondary N) is 1. The first-order chi connectivity index (χ1) is 6.22. The second-order valence-electron chi connectivity index (χ2n) is 2.89. The van der Waals surface area contributed by atoms with Gasteiger partial charge in [-0.3, -0.25) is 4.68 Å². The van der Waals surface area contributed by atoms with E-state index in [1.807, 2.05) is 0 Å². The Morgan fingerprint density at radius 1 is 1.77 bits per heavy atom. The average Bonchev–Trinajstić information content (AvgIpc) is 2.48. The van der Waals surface area contributed by atoms with Gasteiger partial charge in [-0.25, -0.2) is 0 Å². The topological polar surface area (TPSA) is 29.9 Å². The highest BCUT2D eigenvalue weighted by molar-refractivity contribution is 6.30. The van der Waals surface area contributed by atoms with Crippen LogP contribution in [0.2, 0.25) is 5.02 Å². The first-order valence-electron chi connectivity index (χ1n) is 4.27. The van der Waals surface area contributed by atoms with Crippen molar-refractivity contribution in [2.75, 3.05) is 13.1 Å². The second kappa shape index (κ2) is 5.04. The summed E-state index contributed by atoms with van der Waals surface area (Å²) in [6.45, 7) is 8.50. The van der Waals surface area contributed by atoms with Gasteiger partial charge in [0.25, 0.3) is 0 Å². The maximum absolute atomic E-state index is 5.72. The quantitative estimate of drug-likeness (QED) is 0.732. The molecule has 0 aromatic carbocycles. The molecule has 1 aromatic heterocycles. The highest BCUT2D eigenvalue weighted by Gasteiger charge is 1.97. The van der Waals surface area contributed by atoms with Crippen LogP contribution < -0.4 is 5.32 Å². The molecule has 1 aromatic rings. The third kappa shape index (κ3) is 3.61. The zero-order chi connectivity index (χ0) is 9.68. The largest absolute Gasteiger partial charge is 0.313 e. The molecule has 0 spiro atoms. The van der Waals surface area contributed by atoms with E-state index in [-0.39, 0.29) is 0 Å². The zero-order valence-corrected chi connectivity index (χ0v) is 8.51. The molecule has 0 atom stereocenters. The Morgan fingerprint density at radius 2 is 2.54 bits per heavy atom. The van der Waals surface area contributed by atoms with Gasteiger partial charge in [-0.15, -0.1) is 0 Å². The minimum absolute atomic E-state index is 0.663. The molecule has 3 nitrogen and oxygen atoms in total. The van der Waals surface area contributed by atoms with Gasteiger partial charge in [0.05, 0.1) is 17.8 Å². The molecule has 1 rings (SSSR count). The van der Waals surface area contributed by atoms with Crippen molar-refractivity contribution in [2.24, 2.45) is 0 Å². The summed E-state index contributed by atoms with van der Waals surface area (Å²) in [7, 11) is 0. The molecule has 0 aliphatic carbocycles. The Kier molecular flexibility index (Phi) is 3.99. The summed E-state index contributed by atoms with van der Waals surface area (Å²) in [5, 5.41) is 7.92.